The van der Waals surface area contributed by atoms with E-state index in [1.165, 1.54) is 6.08 Å². The van der Waals surface area contributed by atoms with E-state index in [-0.39, 0.29) is 18.8 Å². The van der Waals surface area contributed by atoms with E-state index in [2.05, 4.69) is 10.3 Å². The van der Waals surface area contributed by atoms with Crippen LogP contribution in [0.5, 0.6) is 0 Å². The molecule has 0 bridgehead atoms. The number of aryl methyl sites for hydroxylation is 1. The molecule has 0 saturated carbocycles. The number of imidazole rings is 1. The maximum absolute atomic E-state index is 12.1. The van der Waals surface area contributed by atoms with Crippen LogP contribution in [0.3, 0.4) is 0 Å². The van der Waals surface area contributed by atoms with Crippen LogP contribution in [0.4, 0.5) is 5.69 Å². The summed E-state index contributed by atoms with van der Waals surface area (Å²) in [7, 11) is 1.91. The lowest BCUT2D eigenvalue weighted by molar-refractivity contribution is -0.137. The smallest absolute Gasteiger partial charge is 0.277 e. The standard InChI is InChI=1S/C16H16N4O3/c1-19-10-17-9-14(19)11-2-4-12(5-3-11)18-13-8-15(22)20(6-7-21)16(13)23/h2-5,8-10,18,21H,6-7H2,1H3. The van der Waals surface area contributed by atoms with Crippen LogP contribution in [0.25, 0.3) is 11.3 Å². The van der Waals surface area contributed by atoms with Gasteiger partial charge in [0.1, 0.15) is 5.70 Å². The molecule has 1 aliphatic rings. The van der Waals surface area contributed by atoms with E-state index >= 15 is 0 Å². The Hall–Kier alpha value is -2.93. The summed E-state index contributed by atoms with van der Waals surface area (Å²) >= 11 is 0. The van der Waals surface area contributed by atoms with Crippen molar-refractivity contribution in [2.75, 3.05) is 18.5 Å². The van der Waals surface area contributed by atoms with E-state index < -0.39 is 11.8 Å². The van der Waals surface area contributed by atoms with Gasteiger partial charge in [0.2, 0.25) is 0 Å². The van der Waals surface area contributed by atoms with Crippen molar-refractivity contribution in [1.82, 2.24) is 14.5 Å². The summed E-state index contributed by atoms with van der Waals surface area (Å²) < 4.78 is 1.91. The normalized spacial score (nSPS) is 14.3. The van der Waals surface area contributed by atoms with E-state index in [9.17, 15) is 9.59 Å². The molecule has 2 amide bonds. The number of nitrogens with zero attached hydrogens (tertiary/aromatic N) is 3. The second-order valence-electron chi connectivity index (χ2n) is 5.17. The summed E-state index contributed by atoms with van der Waals surface area (Å²) in [6, 6.07) is 7.48. The van der Waals surface area contributed by atoms with Gasteiger partial charge < -0.3 is 15.0 Å². The zero-order valence-corrected chi connectivity index (χ0v) is 12.6. The Labute approximate surface area is 132 Å². The molecule has 0 aliphatic carbocycles. The van der Waals surface area contributed by atoms with Crippen LogP contribution in [0.1, 0.15) is 0 Å². The van der Waals surface area contributed by atoms with Gasteiger partial charge in [0.25, 0.3) is 11.8 Å². The lowest BCUT2D eigenvalue weighted by atomic mass is 10.1. The van der Waals surface area contributed by atoms with Crippen LogP contribution in [-0.2, 0) is 16.6 Å². The lowest BCUT2D eigenvalue weighted by Crippen LogP contribution is -2.34. The Morgan fingerprint density at radius 3 is 2.57 bits per heavy atom. The van der Waals surface area contributed by atoms with Crippen molar-refractivity contribution in [2.24, 2.45) is 7.05 Å². The first-order valence-corrected chi connectivity index (χ1v) is 7.12. The SMILES string of the molecule is Cn1cncc1-c1ccc(NC2=CC(=O)N(CCO)C2=O)cc1. The van der Waals surface area contributed by atoms with E-state index in [0.717, 1.165) is 16.2 Å². The highest BCUT2D eigenvalue weighted by Gasteiger charge is 2.30. The first-order valence-electron chi connectivity index (χ1n) is 7.12. The molecule has 0 atom stereocenters. The molecule has 1 aromatic carbocycles. The van der Waals surface area contributed by atoms with Gasteiger partial charge in [-0.1, -0.05) is 12.1 Å². The van der Waals surface area contributed by atoms with Gasteiger partial charge in [-0.2, -0.15) is 0 Å². The summed E-state index contributed by atoms with van der Waals surface area (Å²) in [6.45, 7) is -0.253. The van der Waals surface area contributed by atoms with Gasteiger partial charge in [0.15, 0.2) is 0 Å². The number of carbonyl (C=O) groups excluding carboxylic acids is 2. The molecule has 7 nitrogen and oxygen atoms in total. The van der Waals surface area contributed by atoms with Crippen LogP contribution >= 0.6 is 0 Å². The Bertz CT molecular complexity index is 777. The fourth-order valence-electron chi connectivity index (χ4n) is 2.43. The van der Waals surface area contributed by atoms with Crippen LogP contribution in [-0.4, -0.2) is 44.5 Å². The van der Waals surface area contributed by atoms with E-state index in [1.54, 1.807) is 12.5 Å². The lowest BCUT2D eigenvalue weighted by Gasteiger charge is -2.13. The molecule has 23 heavy (non-hydrogen) atoms. The van der Waals surface area contributed by atoms with Gasteiger partial charge in [0.05, 0.1) is 31.4 Å². The van der Waals surface area contributed by atoms with Crippen molar-refractivity contribution in [3.8, 4) is 11.3 Å². The zero-order chi connectivity index (χ0) is 16.4. The number of hydrogen-bond acceptors (Lipinski definition) is 5. The summed E-state index contributed by atoms with van der Waals surface area (Å²) in [5.41, 5.74) is 2.89. The van der Waals surface area contributed by atoms with Gasteiger partial charge in [-0.05, 0) is 17.7 Å². The van der Waals surface area contributed by atoms with Crippen molar-refractivity contribution in [1.29, 1.82) is 0 Å². The maximum atomic E-state index is 12.1. The summed E-state index contributed by atoms with van der Waals surface area (Å²) in [5.74, 6) is -0.849. The van der Waals surface area contributed by atoms with Gasteiger partial charge in [-0.25, -0.2) is 4.98 Å². The minimum atomic E-state index is -0.431. The monoisotopic (exact) mass is 312 g/mol. The second kappa shape index (κ2) is 6.05. The summed E-state index contributed by atoms with van der Waals surface area (Å²) in [6.07, 6.45) is 4.74. The number of rotatable bonds is 5. The molecule has 2 heterocycles. The molecule has 0 radical (unpaired) electrons. The molecule has 0 saturated heterocycles. The second-order valence-corrected chi connectivity index (χ2v) is 5.17. The van der Waals surface area contributed by atoms with Gasteiger partial charge in [-0.15, -0.1) is 0 Å². The van der Waals surface area contributed by atoms with Crippen LogP contribution in [0.2, 0.25) is 0 Å². The van der Waals surface area contributed by atoms with E-state index in [1.807, 2.05) is 35.9 Å². The number of aliphatic hydroxyl groups excluding tert-OH is 1. The van der Waals surface area contributed by atoms with Gasteiger partial charge >= 0.3 is 0 Å². The third-order valence-corrected chi connectivity index (χ3v) is 3.61. The number of nitrogens with one attached hydrogen (secondary N) is 1. The first-order chi connectivity index (χ1) is 11.1. The van der Waals surface area contributed by atoms with Crippen LogP contribution in [0, 0.1) is 0 Å². The number of β-amino-alcohol motifs (C(OH)–C–C–N with tert-alkyl or cyclic N) is 1. The van der Waals surface area contributed by atoms with Gasteiger partial charge in [0, 0.05) is 18.8 Å². The Morgan fingerprint density at radius 1 is 1.22 bits per heavy atom. The molecule has 2 aromatic rings. The van der Waals surface area contributed by atoms with Crippen molar-refractivity contribution < 1.29 is 14.7 Å². The highest BCUT2D eigenvalue weighted by Crippen LogP contribution is 2.22. The fourth-order valence-corrected chi connectivity index (χ4v) is 2.43. The predicted octanol–water partition coefficient (Wildman–Crippen LogP) is 0.744. The number of benzene rings is 1. The molecule has 1 aliphatic heterocycles. The fraction of sp³-hybridized carbons (Fsp3) is 0.188. The predicted molar refractivity (Wildman–Crippen MR) is 84.2 cm³/mol. The average Bonchev–Trinajstić information content (AvgIpc) is 3.07. The van der Waals surface area contributed by atoms with Crippen molar-refractivity contribution in [3.63, 3.8) is 0 Å². The van der Waals surface area contributed by atoms with E-state index in [0.29, 0.717) is 5.69 Å². The number of aliphatic hydroxyl groups is 1. The zero-order valence-electron chi connectivity index (χ0n) is 12.6. The number of imide groups is 1. The molecule has 0 fully saturated rings. The quantitative estimate of drug-likeness (QED) is 0.795. The number of carbonyl (C=O) groups is 2. The topological polar surface area (TPSA) is 87.5 Å². The van der Waals surface area contributed by atoms with Crippen molar-refractivity contribution >= 4 is 17.5 Å². The number of anilines is 1. The molecular weight excluding hydrogens is 296 g/mol. The van der Waals surface area contributed by atoms with Crippen molar-refractivity contribution in [2.45, 2.75) is 0 Å². The third-order valence-electron chi connectivity index (χ3n) is 3.61. The first kappa shape index (κ1) is 15.0. The number of hydrogen-bond donors (Lipinski definition) is 2. The van der Waals surface area contributed by atoms with Crippen LogP contribution in [0.15, 0.2) is 48.6 Å². The maximum Gasteiger partial charge on any atom is 0.277 e. The van der Waals surface area contributed by atoms with Gasteiger partial charge in [-0.3, -0.25) is 14.5 Å². The minimum Gasteiger partial charge on any atom is -0.395 e. The molecule has 0 unspecified atom stereocenters. The molecule has 118 valence electrons. The average molecular weight is 312 g/mol. The molecular formula is C16H16N4O3. The Balaban J connectivity index is 1.75. The largest absolute Gasteiger partial charge is 0.395 e. The minimum absolute atomic E-state index is 0.00122. The number of amides is 2. The molecule has 2 N–H and O–H groups in total. The highest BCUT2D eigenvalue weighted by atomic mass is 16.3. The van der Waals surface area contributed by atoms with E-state index in [4.69, 9.17) is 5.11 Å². The molecule has 1 aromatic heterocycles. The Kier molecular flexibility index (Phi) is 3.94. The molecule has 0 spiro atoms. The Morgan fingerprint density at radius 2 is 1.96 bits per heavy atom. The summed E-state index contributed by atoms with van der Waals surface area (Å²) in [4.78, 5) is 28.8. The van der Waals surface area contributed by atoms with Crippen LogP contribution < -0.4 is 5.32 Å². The summed E-state index contributed by atoms with van der Waals surface area (Å²) in [5, 5.41) is 11.8. The third kappa shape index (κ3) is 2.86. The highest BCUT2D eigenvalue weighted by molar-refractivity contribution is 6.17. The molecule has 3 rings (SSSR count). The number of aromatic nitrogens is 2. The van der Waals surface area contributed by atoms with Crippen molar-refractivity contribution in [3.05, 3.63) is 48.6 Å². The molecule has 7 heteroatoms.